The van der Waals surface area contributed by atoms with Crippen LogP contribution in [0.2, 0.25) is 0 Å². The Hall–Kier alpha value is -3.03. The third kappa shape index (κ3) is 2.77. The highest BCUT2D eigenvalue weighted by molar-refractivity contribution is 6.09. The van der Waals surface area contributed by atoms with E-state index < -0.39 is 46.3 Å². The average molecular weight is 411 g/mol. The molecule has 0 aliphatic rings. The molecule has 0 spiro atoms. The first-order valence-electron chi connectivity index (χ1n) is 8.47. The Morgan fingerprint density at radius 1 is 0.690 bits per heavy atom. The van der Waals surface area contributed by atoms with Gasteiger partial charge in [-0.1, -0.05) is 18.2 Å². The summed E-state index contributed by atoms with van der Waals surface area (Å²) in [5, 5.41) is 0.646. The topological polar surface area (TPSA) is 4.93 Å². The molecule has 0 unspecified atom stereocenters. The molecule has 0 saturated carbocycles. The lowest BCUT2D eigenvalue weighted by atomic mass is 10.1. The standard InChI is InChI=1S/C21H12F7N/c1-9-3-5-12-13-6-4-11(21(26,27)28)8-15(13)29(14(12)7-9)20-18(24)16(22)10(2)17(23)19(20)25/h3-8H,1-2H3. The minimum Gasteiger partial charge on any atom is -0.304 e. The zero-order valence-corrected chi connectivity index (χ0v) is 15.1. The van der Waals surface area contributed by atoms with Crippen molar-refractivity contribution >= 4 is 21.8 Å². The Bertz CT molecular complexity index is 1270. The van der Waals surface area contributed by atoms with Gasteiger partial charge < -0.3 is 4.57 Å². The number of hydrogen-bond donors (Lipinski definition) is 0. The van der Waals surface area contributed by atoms with Crippen LogP contribution in [-0.4, -0.2) is 4.57 Å². The summed E-state index contributed by atoms with van der Waals surface area (Å²) in [5.74, 6) is -6.57. The van der Waals surface area contributed by atoms with Crippen molar-refractivity contribution < 1.29 is 30.7 Å². The van der Waals surface area contributed by atoms with Gasteiger partial charge in [0.1, 0.15) is 5.69 Å². The summed E-state index contributed by atoms with van der Waals surface area (Å²) in [5.41, 5.74) is -2.46. The molecule has 0 atom stereocenters. The molecular formula is C21H12F7N. The van der Waals surface area contributed by atoms with E-state index in [0.29, 0.717) is 17.0 Å². The van der Waals surface area contributed by atoms with Crippen LogP contribution >= 0.6 is 0 Å². The highest BCUT2D eigenvalue weighted by Crippen LogP contribution is 2.39. The van der Waals surface area contributed by atoms with Crippen LogP contribution < -0.4 is 0 Å². The molecule has 1 nitrogen and oxygen atoms in total. The van der Waals surface area contributed by atoms with Gasteiger partial charge in [-0.2, -0.15) is 13.2 Å². The molecule has 1 aromatic heterocycles. The monoisotopic (exact) mass is 411 g/mol. The maximum absolute atomic E-state index is 14.7. The zero-order chi connectivity index (χ0) is 21.2. The molecule has 1 heterocycles. The summed E-state index contributed by atoms with van der Waals surface area (Å²) in [6, 6.07) is 7.45. The van der Waals surface area contributed by atoms with Crippen molar-refractivity contribution in [3.8, 4) is 5.69 Å². The molecule has 0 bridgehead atoms. The normalized spacial score (nSPS) is 12.3. The van der Waals surface area contributed by atoms with Gasteiger partial charge in [0.05, 0.1) is 16.6 Å². The van der Waals surface area contributed by atoms with Crippen LogP contribution in [0.25, 0.3) is 27.5 Å². The van der Waals surface area contributed by atoms with Crippen LogP contribution in [0, 0.1) is 37.1 Å². The zero-order valence-electron chi connectivity index (χ0n) is 15.1. The van der Waals surface area contributed by atoms with Crippen molar-refractivity contribution in [2.45, 2.75) is 20.0 Å². The van der Waals surface area contributed by atoms with E-state index in [4.69, 9.17) is 0 Å². The third-order valence-electron chi connectivity index (χ3n) is 4.93. The van der Waals surface area contributed by atoms with Gasteiger partial charge in [0.2, 0.25) is 0 Å². The molecule has 4 rings (SSSR count). The van der Waals surface area contributed by atoms with E-state index >= 15 is 0 Å². The van der Waals surface area contributed by atoms with E-state index in [-0.39, 0.29) is 16.4 Å². The molecule has 0 fully saturated rings. The molecule has 150 valence electrons. The number of rotatable bonds is 1. The first kappa shape index (κ1) is 19.3. The number of benzene rings is 3. The molecule has 8 heteroatoms. The predicted molar refractivity (Wildman–Crippen MR) is 95.1 cm³/mol. The van der Waals surface area contributed by atoms with Crippen molar-refractivity contribution in [3.63, 3.8) is 0 Å². The van der Waals surface area contributed by atoms with Crippen molar-refractivity contribution in [1.82, 2.24) is 4.57 Å². The summed E-state index contributed by atoms with van der Waals surface area (Å²) in [7, 11) is 0. The number of hydrogen-bond acceptors (Lipinski definition) is 0. The number of aryl methyl sites for hydroxylation is 1. The molecule has 0 amide bonds. The van der Waals surface area contributed by atoms with Crippen LogP contribution in [0.15, 0.2) is 36.4 Å². The molecule has 4 aromatic rings. The molecule has 0 N–H and O–H groups in total. The number of alkyl halides is 3. The first-order valence-corrected chi connectivity index (χ1v) is 8.47. The summed E-state index contributed by atoms with van der Waals surface area (Å²) in [6.45, 7) is 2.55. The Morgan fingerprint density at radius 2 is 1.21 bits per heavy atom. The third-order valence-corrected chi connectivity index (χ3v) is 4.93. The lowest BCUT2D eigenvalue weighted by Gasteiger charge is -2.14. The SMILES string of the molecule is Cc1ccc2c3ccc(C(F)(F)F)cc3n(-c3c(F)c(F)c(C)c(F)c3F)c2c1. The van der Waals surface area contributed by atoms with Gasteiger partial charge in [0.15, 0.2) is 23.3 Å². The van der Waals surface area contributed by atoms with E-state index in [9.17, 15) is 30.7 Å². The second kappa shape index (κ2) is 6.23. The summed E-state index contributed by atoms with van der Waals surface area (Å²) < 4.78 is 98.3. The summed E-state index contributed by atoms with van der Waals surface area (Å²) >= 11 is 0. The fourth-order valence-electron chi connectivity index (χ4n) is 3.47. The second-order valence-corrected chi connectivity index (χ2v) is 6.82. The minimum atomic E-state index is -4.72. The van der Waals surface area contributed by atoms with Crippen LogP contribution in [0.5, 0.6) is 0 Å². The van der Waals surface area contributed by atoms with Crippen molar-refractivity contribution in [2.75, 3.05) is 0 Å². The van der Waals surface area contributed by atoms with Gasteiger partial charge in [-0.3, -0.25) is 0 Å². The Balaban J connectivity index is 2.26. The van der Waals surface area contributed by atoms with Crippen LogP contribution in [-0.2, 0) is 6.18 Å². The molecular weight excluding hydrogens is 399 g/mol. The lowest BCUT2D eigenvalue weighted by molar-refractivity contribution is -0.137. The fourth-order valence-corrected chi connectivity index (χ4v) is 3.47. The quantitative estimate of drug-likeness (QED) is 0.235. The highest BCUT2D eigenvalue weighted by atomic mass is 19.4. The van der Waals surface area contributed by atoms with Crippen molar-refractivity contribution in [3.05, 3.63) is 76.4 Å². The highest BCUT2D eigenvalue weighted by Gasteiger charge is 2.32. The summed E-state index contributed by atoms with van der Waals surface area (Å²) in [4.78, 5) is 0. The van der Waals surface area contributed by atoms with Crippen molar-refractivity contribution in [2.24, 2.45) is 0 Å². The summed E-state index contributed by atoms with van der Waals surface area (Å²) in [6.07, 6.45) is -4.72. The largest absolute Gasteiger partial charge is 0.416 e. The molecule has 0 saturated heterocycles. The van der Waals surface area contributed by atoms with Crippen LogP contribution in [0.3, 0.4) is 0 Å². The molecule has 0 aliphatic heterocycles. The van der Waals surface area contributed by atoms with Crippen LogP contribution in [0.1, 0.15) is 16.7 Å². The maximum atomic E-state index is 14.7. The molecule has 29 heavy (non-hydrogen) atoms. The molecule has 3 aromatic carbocycles. The van der Waals surface area contributed by atoms with Crippen LogP contribution in [0.4, 0.5) is 30.7 Å². The number of halogens is 7. The number of fused-ring (bicyclic) bond motifs is 3. The Labute approximate surface area is 160 Å². The molecule has 0 radical (unpaired) electrons. The van der Waals surface area contributed by atoms with Gasteiger partial charge >= 0.3 is 6.18 Å². The molecule has 0 aliphatic carbocycles. The van der Waals surface area contributed by atoms with E-state index in [0.717, 1.165) is 17.6 Å². The number of nitrogens with zero attached hydrogens (tertiary/aromatic N) is 1. The van der Waals surface area contributed by atoms with Gasteiger partial charge in [-0.15, -0.1) is 0 Å². The van der Waals surface area contributed by atoms with Gasteiger partial charge in [0.25, 0.3) is 0 Å². The smallest absolute Gasteiger partial charge is 0.304 e. The predicted octanol–water partition coefficient (Wildman–Crippen LogP) is 6.98. The Morgan fingerprint density at radius 3 is 1.76 bits per heavy atom. The minimum absolute atomic E-state index is 0.125. The Kier molecular flexibility index (Phi) is 4.15. The van der Waals surface area contributed by atoms with Gasteiger partial charge in [0, 0.05) is 16.3 Å². The van der Waals surface area contributed by atoms with E-state index in [2.05, 4.69) is 0 Å². The first-order chi connectivity index (χ1) is 13.5. The van der Waals surface area contributed by atoms with E-state index in [1.54, 1.807) is 19.1 Å². The average Bonchev–Trinajstić information content (AvgIpc) is 2.97. The number of aromatic nitrogens is 1. The van der Waals surface area contributed by atoms with Crippen molar-refractivity contribution in [1.29, 1.82) is 0 Å². The second-order valence-electron chi connectivity index (χ2n) is 6.82. The lowest BCUT2D eigenvalue weighted by Crippen LogP contribution is -2.10. The van der Waals surface area contributed by atoms with E-state index in [1.807, 2.05) is 0 Å². The van der Waals surface area contributed by atoms with Gasteiger partial charge in [-0.25, -0.2) is 17.6 Å². The maximum Gasteiger partial charge on any atom is 0.416 e. The fraction of sp³-hybridized carbons (Fsp3) is 0.143. The van der Waals surface area contributed by atoms with E-state index in [1.165, 1.54) is 12.1 Å². The van der Waals surface area contributed by atoms with Gasteiger partial charge in [-0.05, 0) is 37.6 Å².